The molecule has 1 aliphatic heterocycles. The number of nitrogens with zero attached hydrogens (tertiary/aromatic N) is 3. The molecule has 1 unspecified atom stereocenters. The monoisotopic (exact) mass is 283 g/mol. The summed E-state index contributed by atoms with van der Waals surface area (Å²) in [6, 6.07) is 8.40. The van der Waals surface area contributed by atoms with E-state index < -0.39 is 0 Å². The maximum Gasteiger partial charge on any atom is 0.241 e. The van der Waals surface area contributed by atoms with Crippen LogP contribution >= 0.6 is 0 Å². The lowest BCUT2D eigenvalue weighted by Crippen LogP contribution is -2.51. The van der Waals surface area contributed by atoms with Crippen molar-refractivity contribution in [2.24, 2.45) is 0 Å². The number of amides is 1. The molecule has 1 aromatic carbocycles. The van der Waals surface area contributed by atoms with Crippen molar-refractivity contribution in [1.82, 2.24) is 10.2 Å². The van der Waals surface area contributed by atoms with E-state index in [1.165, 1.54) is 6.07 Å². The summed E-state index contributed by atoms with van der Waals surface area (Å²) in [5, 5.41) is 23.9. The van der Waals surface area contributed by atoms with E-state index in [9.17, 15) is 4.79 Å². The zero-order valence-electron chi connectivity index (χ0n) is 11.9. The molecule has 1 aliphatic rings. The minimum absolute atomic E-state index is 0.106. The summed E-state index contributed by atoms with van der Waals surface area (Å²) < 4.78 is 0. The van der Waals surface area contributed by atoms with Crippen molar-refractivity contribution in [2.75, 3.05) is 31.5 Å². The van der Waals surface area contributed by atoms with Crippen molar-refractivity contribution in [3.63, 3.8) is 0 Å². The molecule has 6 nitrogen and oxygen atoms in total. The molecule has 21 heavy (non-hydrogen) atoms. The Morgan fingerprint density at radius 2 is 1.95 bits per heavy atom. The molecule has 1 amide bonds. The molecule has 0 aliphatic carbocycles. The third-order valence-corrected chi connectivity index (χ3v) is 3.61. The smallest absolute Gasteiger partial charge is 0.241 e. The van der Waals surface area contributed by atoms with Crippen molar-refractivity contribution >= 4 is 11.6 Å². The standard InChI is InChI=1S/C15H17N5O/c1-11(20-6-4-18-5-7-20)15(21)19-14-3-2-12(9-16)13(8-14)10-17/h2-3,8,11,18H,4-7H2,1H3,(H,19,21). The van der Waals surface area contributed by atoms with Gasteiger partial charge in [-0.25, -0.2) is 0 Å². The van der Waals surface area contributed by atoms with Gasteiger partial charge in [0.25, 0.3) is 0 Å². The highest BCUT2D eigenvalue weighted by atomic mass is 16.2. The largest absolute Gasteiger partial charge is 0.325 e. The molecule has 0 saturated carbocycles. The van der Waals surface area contributed by atoms with Crippen molar-refractivity contribution in [3.05, 3.63) is 29.3 Å². The van der Waals surface area contributed by atoms with Crippen LogP contribution in [0.2, 0.25) is 0 Å². The number of hydrogen-bond donors (Lipinski definition) is 2. The fourth-order valence-electron chi connectivity index (χ4n) is 2.29. The van der Waals surface area contributed by atoms with Crippen LogP contribution in [-0.2, 0) is 4.79 Å². The predicted molar refractivity (Wildman–Crippen MR) is 78.4 cm³/mol. The van der Waals surface area contributed by atoms with Gasteiger partial charge < -0.3 is 10.6 Å². The number of carbonyl (C=O) groups excluding carboxylic acids is 1. The lowest BCUT2D eigenvalue weighted by atomic mass is 10.1. The van der Waals surface area contributed by atoms with Crippen molar-refractivity contribution in [2.45, 2.75) is 13.0 Å². The second kappa shape index (κ2) is 6.85. The van der Waals surface area contributed by atoms with Gasteiger partial charge in [0.15, 0.2) is 0 Å². The zero-order valence-corrected chi connectivity index (χ0v) is 11.9. The lowest BCUT2D eigenvalue weighted by Gasteiger charge is -2.31. The van der Waals surface area contributed by atoms with Crippen molar-refractivity contribution in [1.29, 1.82) is 10.5 Å². The van der Waals surface area contributed by atoms with Gasteiger partial charge in [-0.15, -0.1) is 0 Å². The van der Waals surface area contributed by atoms with Crippen molar-refractivity contribution in [3.8, 4) is 12.1 Å². The van der Waals surface area contributed by atoms with Crippen LogP contribution in [0, 0.1) is 22.7 Å². The quantitative estimate of drug-likeness (QED) is 0.850. The van der Waals surface area contributed by atoms with Gasteiger partial charge in [-0.05, 0) is 25.1 Å². The normalized spacial score (nSPS) is 16.5. The van der Waals surface area contributed by atoms with E-state index >= 15 is 0 Å². The Morgan fingerprint density at radius 1 is 1.29 bits per heavy atom. The molecule has 1 heterocycles. The summed E-state index contributed by atoms with van der Waals surface area (Å²) >= 11 is 0. The summed E-state index contributed by atoms with van der Waals surface area (Å²) in [6.45, 7) is 5.31. The SMILES string of the molecule is CC(C(=O)Nc1ccc(C#N)c(C#N)c1)N1CCNCC1. The average molecular weight is 283 g/mol. The fraction of sp³-hybridized carbons (Fsp3) is 0.400. The number of hydrogen-bond acceptors (Lipinski definition) is 5. The zero-order chi connectivity index (χ0) is 15.2. The van der Waals surface area contributed by atoms with E-state index in [0.717, 1.165) is 26.2 Å². The molecule has 0 bridgehead atoms. The second-order valence-electron chi connectivity index (χ2n) is 4.94. The van der Waals surface area contributed by atoms with Crippen LogP contribution < -0.4 is 10.6 Å². The number of benzene rings is 1. The molecule has 1 saturated heterocycles. The number of carbonyl (C=O) groups is 1. The van der Waals surface area contributed by atoms with Gasteiger partial charge >= 0.3 is 0 Å². The highest BCUT2D eigenvalue weighted by Crippen LogP contribution is 2.15. The molecular weight excluding hydrogens is 266 g/mol. The van der Waals surface area contributed by atoms with Crippen molar-refractivity contribution < 1.29 is 4.79 Å². The van der Waals surface area contributed by atoms with Crippen LogP contribution in [0.1, 0.15) is 18.1 Å². The van der Waals surface area contributed by atoms with Gasteiger partial charge in [0.05, 0.1) is 17.2 Å². The summed E-state index contributed by atoms with van der Waals surface area (Å²) in [6.07, 6.45) is 0. The van der Waals surface area contributed by atoms with E-state index in [0.29, 0.717) is 11.3 Å². The lowest BCUT2D eigenvalue weighted by molar-refractivity contribution is -0.120. The van der Waals surface area contributed by atoms with Crippen LogP contribution in [0.4, 0.5) is 5.69 Å². The minimum atomic E-state index is -0.228. The maximum atomic E-state index is 12.2. The molecule has 1 fully saturated rings. The minimum Gasteiger partial charge on any atom is -0.325 e. The number of piperazine rings is 1. The molecule has 0 aromatic heterocycles. The Hall–Kier alpha value is -2.41. The van der Waals surface area contributed by atoms with Gasteiger partial charge in [0.2, 0.25) is 5.91 Å². The number of nitriles is 2. The van der Waals surface area contributed by atoms with Crippen LogP contribution in [0.5, 0.6) is 0 Å². The average Bonchev–Trinajstić information content (AvgIpc) is 2.54. The molecule has 0 radical (unpaired) electrons. The highest BCUT2D eigenvalue weighted by Gasteiger charge is 2.22. The Morgan fingerprint density at radius 3 is 2.57 bits per heavy atom. The summed E-state index contributed by atoms with van der Waals surface area (Å²) in [5.41, 5.74) is 1.12. The first-order valence-electron chi connectivity index (χ1n) is 6.85. The first-order chi connectivity index (χ1) is 10.2. The second-order valence-corrected chi connectivity index (χ2v) is 4.94. The Balaban J connectivity index is 2.05. The van der Waals surface area contributed by atoms with Crippen LogP contribution in [-0.4, -0.2) is 43.0 Å². The predicted octanol–water partition coefficient (Wildman–Crippen LogP) is 0.662. The maximum absolute atomic E-state index is 12.2. The Bertz CT molecular complexity index is 607. The van der Waals surface area contributed by atoms with E-state index in [2.05, 4.69) is 15.5 Å². The number of rotatable bonds is 3. The van der Waals surface area contributed by atoms with Gasteiger partial charge in [0, 0.05) is 31.9 Å². The summed E-state index contributed by atoms with van der Waals surface area (Å²) in [7, 11) is 0. The molecule has 0 spiro atoms. The first kappa shape index (κ1) is 15.0. The molecule has 1 aromatic rings. The summed E-state index contributed by atoms with van der Waals surface area (Å²) in [4.78, 5) is 14.4. The Kier molecular flexibility index (Phi) is 4.89. The van der Waals surface area contributed by atoms with Crippen LogP contribution in [0.15, 0.2) is 18.2 Å². The highest BCUT2D eigenvalue weighted by molar-refractivity contribution is 5.94. The van der Waals surface area contributed by atoms with Gasteiger partial charge in [-0.1, -0.05) is 0 Å². The third kappa shape index (κ3) is 3.57. The molecule has 2 N–H and O–H groups in total. The molecule has 2 rings (SSSR count). The number of nitrogens with one attached hydrogen (secondary N) is 2. The first-order valence-corrected chi connectivity index (χ1v) is 6.85. The van der Waals surface area contributed by atoms with Gasteiger partial charge in [-0.3, -0.25) is 9.69 Å². The Labute approximate surface area is 124 Å². The van der Waals surface area contributed by atoms with Gasteiger partial charge in [0.1, 0.15) is 12.1 Å². The summed E-state index contributed by atoms with van der Waals surface area (Å²) in [5.74, 6) is -0.106. The van der Waals surface area contributed by atoms with Crippen LogP contribution in [0.25, 0.3) is 0 Å². The molecular formula is C15H17N5O. The van der Waals surface area contributed by atoms with E-state index in [-0.39, 0.29) is 17.5 Å². The van der Waals surface area contributed by atoms with Crippen LogP contribution in [0.3, 0.4) is 0 Å². The fourth-order valence-corrected chi connectivity index (χ4v) is 2.29. The molecule has 6 heteroatoms. The van der Waals surface area contributed by atoms with E-state index in [4.69, 9.17) is 10.5 Å². The molecule has 108 valence electrons. The third-order valence-electron chi connectivity index (χ3n) is 3.61. The molecule has 1 atom stereocenters. The number of anilines is 1. The van der Waals surface area contributed by atoms with E-state index in [1.807, 2.05) is 19.1 Å². The van der Waals surface area contributed by atoms with E-state index in [1.54, 1.807) is 12.1 Å². The van der Waals surface area contributed by atoms with Gasteiger partial charge in [-0.2, -0.15) is 10.5 Å². The topological polar surface area (TPSA) is 92.0 Å².